The number of rotatable bonds is 5. The Balaban J connectivity index is 2.40. The molecule has 0 spiro atoms. The minimum atomic E-state index is -0.640. The number of nitrogens with zero attached hydrogens (tertiary/aromatic N) is 2. The first-order valence-electron chi connectivity index (χ1n) is 5.86. The van der Waals surface area contributed by atoms with Crippen molar-refractivity contribution < 1.29 is 9.84 Å². The molecule has 1 atom stereocenters. The maximum atomic E-state index is 9.71. The molecule has 0 aliphatic rings. The van der Waals surface area contributed by atoms with Gasteiger partial charge in [0.25, 0.3) is 0 Å². The SMILES string of the molecule is CC(C)(C)NC(O)CCOc1ncccc1C#N. The van der Waals surface area contributed by atoms with E-state index in [-0.39, 0.29) is 5.54 Å². The molecule has 0 radical (unpaired) electrons. The summed E-state index contributed by atoms with van der Waals surface area (Å²) in [5.41, 5.74) is 0.248. The molecule has 18 heavy (non-hydrogen) atoms. The standard InChI is InChI=1S/C13H19N3O2/c1-13(2,3)16-11(17)6-8-18-12-10(9-14)5-4-7-15-12/h4-5,7,11,16-17H,6,8H2,1-3H3. The van der Waals surface area contributed by atoms with Crippen molar-refractivity contribution in [3.8, 4) is 11.9 Å². The van der Waals surface area contributed by atoms with Crippen LogP contribution in [0.3, 0.4) is 0 Å². The number of ether oxygens (including phenoxy) is 1. The lowest BCUT2D eigenvalue weighted by molar-refractivity contribution is 0.0815. The summed E-state index contributed by atoms with van der Waals surface area (Å²) < 4.78 is 5.38. The average molecular weight is 249 g/mol. The molecule has 5 nitrogen and oxygen atoms in total. The smallest absolute Gasteiger partial charge is 0.231 e. The number of hydrogen-bond donors (Lipinski definition) is 2. The van der Waals surface area contributed by atoms with Crippen LogP contribution in [-0.2, 0) is 0 Å². The molecule has 1 unspecified atom stereocenters. The van der Waals surface area contributed by atoms with Gasteiger partial charge in [-0.05, 0) is 32.9 Å². The van der Waals surface area contributed by atoms with E-state index in [0.29, 0.717) is 24.5 Å². The van der Waals surface area contributed by atoms with E-state index in [1.807, 2.05) is 26.8 Å². The van der Waals surface area contributed by atoms with Crippen molar-refractivity contribution >= 4 is 0 Å². The topological polar surface area (TPSA) is 78.2 Å². The highest BCUT2D eigenvalue weighted by Gasteiger charge is 2.15. The second-order valence-corrected chi connectivity index (χ2v) is 5.02. The van der Waals surface area contributed by atoms with Crippen molar-refractivity contribution in [3.05, 3.63) is 23.9 Å². The summed E-state index contributed by atoms with van der Waals surface area (Å²) in [5, 5.41) is 21.6. The predicted molar refractivity (Wildman–Crippen MR) is 68.0 cm³/mol. The summed E-state index contributed by atoms with van der Waals surface area (Å²) in [7, 11) is 0. The molecular formula is C13H19N3O2. The molecule has 0 aromatic carbocycles. The van der Waals surface area contributed by atoms with Gasteiger partial charge in [-0.1, -0.05) is 0 Å². The van der Waals surface area contributed by atoms with E-state index in [9.17, 15) is 5.11 Å². The van der Waals surface area contributed by atoms with Crippen molar-refractivity contribution in [1.82, 2.24) is 10.3 Å². The van der Waals surface area contributed by atoms with E-state index in [1.165, 1.54) is 0 Å². The van der Waals surface area contributed by atoms with Crippen molar-refractivity contribution in [2.45, 2.75) is 39.0 Å². The lowest BCUT2D eigenvalue weighted by Crippen LogP contribution is -2.44. The molecule has 1 aromatic rings. The Labute approximate surface area is 107 Å². The first kappa shape index (κ1) is 14.4. The molecule has 0 amide bonds. The fourth-order valence-electron chi connectivity index (χ4n) is 1.43. The minimum Gasteiger partial charge on any atom is -0.477 e. The average Bonchev–Trinajstić information content (AvgIpc) is 2.27. The van der Waals surface area contributed by atoms with E-state index >= 15 is 0 Å². The van der Waals surface area contributed by atoms with Crippen LogP contribution in [-0.4, -0.2) is 28.5 Å². The van der Waals surface area contributed by atoms with Gasteiger partial charge in [-0.3, -0.25) is 5.32 Å². The Morgan fingerprint density at radius 1 is 1.56 bits per heavy atom. The van der Waals surface area contributed by atoms with Gasteiger partial charge in [0.1, 0.15) is 17.9 Å². The summed E-state index contributed by atoms with van der Waals surface area (Å²) in [4.78, 5) is 3.97. The molecule has 0 aliphatic carbocycles. The largest absolute Gasteiger partial charge is 0.477 e. The first-order chi connectivity index (χ1) is 8.42. The van der Waals surface area contributed by atoms with Crippen molar-refractivity contribution in [3.63, 3.8) is 0 Å². The molecule has 5 heteroatoms. The number of nitrogens with one attached hydrogen (secondary N) is 1. The zero-order valence-electron chi connectivity index (χ0n) is 11.0. The summed E-state index contributed by atoms with van der Waals surface area (Å²) in [6, 6.07) is 5.33. The minimum absolute atomic E-state index is 0.151. The fourth-order valence-corrected chi connectivity index (χ4v) is 1.43. The number of pyridine rings is 1. The zero-order chi connectivity index (χ0) is 13.6. The van der Waals surface area contributed by atoms with Gasteiger partial charge in [-0.25, -0.2) is 4.98 Å². The summed E-state index contributed by atoms with van der Waals surface area (Å²) in [5.74, 6) is 0.308. The third kappa shape index (κ3) is 5.13. The first-order valence-corrected chi connectivity index (χ1v) is 5.86. The van der Waals surface area contributed by atoms with Gasteiger partial charge < -0.3 is 9.84 Å². The van der Waals surface area contributed by atoms with Crippen LogP contribution in [0, 0.1) is 11.3 Å². The molecule has 1 rings (SSSR count). The highest BCUT2D eigenvalue weighted by atomic mass is 16.5. The van der Waals surface area contributed by atoms with Gasteiger partial charge in [0.05, 0.1) is 6.61 Å². The molecule has 2 N–H and O–H groups in total. The Hall–Kier alpha value is -1.64. The highest BCUT2D eigenvalue weighted by molar-refractivity contribution is 5.36. The van der Waals surface area contributed by atoms with Gasteiger partial charge in [0, 0.05) is 18.2 Å². The lowest BCUT2D eigenvalue weighted by Gasteiger charge is -2.24. The fraction of sp³-hybridized carbons (Fsp3) is 0.538. The third-order valence-corrected chi connectivity index (χ3v) is 2.12. The van der Waals surface area contributed by atoms with Crippen molar-refractivity contribution in [2.24, 2.45) is 0 Å². The van der Waals surface area contributed by atoms with Crippen LogP contribution in [0.2, 0.25) is 0 Å². The van der Waals surface area contributed by atoms with Gasteiger partial charge in [-0.2, -0.15) is 5.26 Å². The maximum Gasteiger partial charge on any atom is 0.231 e. The van der Waals surface area contributed by atoms with E-state index in [4.69, 9.17) is 10.00 Å². The van der Waals surface area contributed by atoms with E-state index in [2.05, 4.69) is 10.3 Å². The van der Waals surface area contributed by atoms with Crippen LogP contribution in [0.4, 0.5) is 0 Å². The van der Waals surface area contributed by atoms with Gasteiger partial charge in [0.15, 0.2) is 0 Å². The number of hydrogen-bond acceptors (Lipinski definition) is 5. The molecule has 1 aromatic heterocycles. The normalized spacial score (nSPS) is 12.8. The Bertz CT molecular complexity index is 421. The van der Waals surface area contributed by atoms with Crippen LogP contribution in [0.15, 0.2) is 18.3 Å². The molecule has 0 bridgehead atoms. The molecule has 0 saturated heterocycles. The molecule has 0 saturated carbocycles. The van der Waals surface area contributed by atoms with Gasteiger partial charge >= 0.3 is 0 Å². The quantitative estimate of drug-likeness (QED) is 0.772. The molecule has 98 valence electrons. The van der Waals surface area contributed by atoms with Crippen LogP contribution in [0.1, 0.15) is 32.8 Å². The van der Waals surface area contributed by atoms with E-state index < -0.39 is 6.23 Å². The zero-order valence-corrected chi connectivity index (χ0v) is 11.0. The van der Waals surface area contributed by atoms with Crippen LogP contribution < -0.4 is 10.1 Å². The second-order valence-electron chi connectivity index (χ2n) is 5.02. The number of aliphatic hydroxyl groups excluding tert-OH is 1. The highest BCUT2D eigenvalue weighted by Crippen LogP contribution is 2.13. The number of aromatic nitrogens is 1. The van der Waals surface area contributed by atoms with Crippen LogP contribution >= 0.6 is 0 Å². The summed E-state index contributed by atoms with van der Waals surface area (Å²) >= 11 is 0. The predicted octanol–water partition coefficient (Wildman–Crippen LogP) is 1.43. The summed E-state index contributed by atoms with van der Waals surface area (Å²) in [6.07, 6.45) is 1.36. The number of nitriles is 1. The molecule has 0 aliphatic heterocycles. The Morgan fingerprint density at radius 2 is 2.28 bits per heavy atom. The Morgan fingerprint density at radius 3 is 2.89 bits per heavy atom. The van der Waals surface area contributed by atoms with Crippen LogP contribution in [0.25, 0.3) is 0 Å². The lowest BCUT2D eigenvalue weighted by atomic mass is 10.1. The molecular weight excluding hydrogens is 230 g/mol. The molecule has 1 heterocycles. The van der Waals surface area contributed by atoms with Crippen LogP contribution in [0.5, 0.6) is 5.88 Å². The van der Waals surface area contributed by atoms with Crippen molar-refractivity contribution in [1.29, 1.82) is 5.26 Å². The third-order valence-electron chi connectivity index (χ3n) is 2.12. The summed E-state index contributed by atoms with van der Waals surface area (Å²) in [6.45, 7) is 6.23. The van der Waals surface area contributed by atoms with E-state index in [0.717, 1.165) is 0 Å². The Kier molecular flexibility index (Phi) is 5.08. The molecule has 0 fully saturated rings. The second kappa shape index (κ2) is 6.34. The van der Waals surface area contributed by atoms with E-state index in [1.54, 1.807) is 18.3 Å². The van der Waals surface area contributed by atoms with Crippen molar-refractivity contribution in [2.75, 3.05) is 6.61 Å². The van der Waals surface area contributed by atoms with Gasteiger partial charge in [-0.15, -0.1) is 0 Å². The number of aliphatic hydroxyl groups is 1. The van der Waals surface area contributed by atoms with Gasteiger partial charge in [0.2, 0.25) is 5.88 Å². The monoisotopic (exact) mass is 249 g/mol. The maximum absolute atomic E-state index is 9.71.